The Balaban J connectivity index is 1.78. The molecule has 0 unspecified atom stereocenters. The van der Waals surface area contributed by atoms with Crippen LogP contribution in [0.1, 0.15) is 30.9 Å². The third kappa shape index (κ3) is 4.86. The molecule has 170 valence electrons. The largest absolute Gasteiger partial charge is 0.484 e. The number of nitrogens with zero attached hydrogens (tertiary/aromatic N) is 2. The Morgan fingerprint density at radius 3 is 2.21 bits per heavy atom. The molecule has 8 heteroatoms. The number of aromatic nitrogens is 2. The summed E-state index contributed by atoms with van der Waals surface area (Å²) in [6.07, 6.45) is 1.75. The van der Waals surface area contributed by atoms with Gasteiger partial charge in [-0.25, -0.2) is 13.8 Å². The maximum absolute atomic E-state index is 13.6. The molecule has 0 aliphatic heterocycles. The van der Waals surface area contributed by atoms with Crippen LogP contribution in [0.5, 0.6) is 5.75 Å². The standard InChI is InChI=1S/C25H19Cl3F2N2O/c1-25(2,15-3-9-19(26)20(27)11-15)23-13-31-24(32(23)18-7-4-16(29)5-8-18)14-33-22-10-6-17(30)12-21(22)28/h3-13H,14H2,1-2H3. The molecule has 0 saturated carbocycles. The topological polar surface area (TPSA) is 27.1 Å². The highest BCUT2D eigenvalue weighted by Crippen LogP contribution is 2.37. The first-order valence-corrected chi connectivity index (χ1v) is 11.2. The van der Waals surface area contributed by atoms with Crippen molar-refractivity contribution < 1.29 is 13.5 Å². The van der Waals surface area contributed by atoms with E-state index in [-0.39, 0.29) is 17.4 Å². The monoisotopic (exact) mass is 506 g/mol. The number of benzene rings is 3. The Morgan fingerprint density at radius 2 is 1.55 bits per heavy atom. The third-order valence-corrected chi connectivity index (χ3v) is 6.49. The van der Waals surface area contributed by atoms with E-state index in [4.69, 9.17) is 39.5 Å². The molecular formula is C25H19Cl3F2N2O. The molecule has 0 radical (unpaired) electrons. The molecule has 0 aliphatic rings. The van der Waals surface area contributed by atoms with E-state index < -0.39 is 11.2 Å². The highest BCUT2D eigenvalue weighted by atomic mass is 35.5. The van der Waals surface area contributed by atoms with Crippen LogP contribution in [-0.2, 0) is 12.0 Å². The quantitative estimate of drug-likeness (QED) is 0.264. The van der Waals surface area contributed by atoms with Gasteiger partial charge in [-0.15, -0.1) is 0 Å². The molecule has 3 aromatic carbocycles. The Hall–Kier alpha value is -2.60. The van der Waals surface area contributed by atoms with Gasteiger partial charge in [0.25, 0.3) is 0 Å². The lowest BCUT2D eigenvalue weighted by Crippen LogP contribution is -2.24. The Kier molecular flexibility index (Phi) is 6.66. The smallest absolute Gasteiger partial charge is 0.151 e. The average molecular weight is 508 g/mol. The third-order valence-electron chi connectivity index (χ3n) is 5.45. The molecule has 0 saturated heterocycles. The fraction of sp³-hybridized carbons (Fsp3) is 0.160. The second kappa shape index (κ2) is 9.34. The van der Waals surface area contributed by atoms with Gasteiger partial charge in [0.2, 0.25) is 0 Å². The zero-order valence-electron chi connectivity index (χ0n) is 17.8. The number of rotatable bonds is 6. The van der Waals surface area contributed by atoms with Crippen LogP contribution in [0.15, 0.2) is 66.9 Å². The van der Waals surface area contributed by atoms with Crippen molar-refractivity contribution in [2.24, 2.45) is 0 Å². The maximum Gasteiger partial charge on any atom is 0.151 e. The van der Waals surface area contributed by atoms with E-state index in [2.05, 4.69) is 4.98 Å². The molecule has 0 aliphatic carbocycles. The van der Waals surface area contributed by atoms with E-state index in [0.717, 1.165) is 11.3 Å². The van der Waals surface area contributed by atoms with E-state index in [1.165, 1.54) is 30.3 Å². The summed E-state index contributed by atoms with van der Waals surface area (Å²) in [5.74, 6) is 0.0908. The zero-order valence-corrected chi connectivity index (χ0v) is 20.0. The van der Waals surface area contributed by atoms with Crippen molar-refractivity contribution in [1.29, 1.82) is 0 Å². The summed E-state index contributed by atoms with van der Waals surface area (Å²) >= 11 is 18.5. The van der Waals surface area contributed by atoms with Gasteiger partial charge in [-0.3, -0.25) is 4.57 Å². The highest BCUT2D eigenvalue weighted by molar-refractivity contribution is 6.42. The summed E-state index contributed by atoms with van der Waals surface area (Å²) in [6.45, 7) is 4.12. The first kappa shape index (κ1) is 23.6. The van der Waals surface area contributed by atoms with Crippen LogP contribution in [0.25, 0.3) is 5.69 Å². The van der Waals surface area contributed by atoms with E-state index in [1.54, 1.807) is 24.4 Å². The Bertz CT molecular complexity index is 1300. The Labute approximate surface area is 205 Å². The van der Waals surface area contributed by atoms with E-state index >= 15 is 0 Å². The molecule has 0 spiro atoms. The van der Waals surface area contributed by atoms with Crippen molar-refractivity contribution in [3.8, 4) is 11.4 Å². The second-order valence-electron chi connectivity index (χ2n) is 7.99. The highest BCUT2D eigenvalue weighted by Gasteiger charge is 2.30. The molecule has 33 heavy (non-hydrogen) atoms. The molecule has 4 aromatic rings. The summed E-state index contributed by atoms with van der Waals surface area (Å²) in [4.78, 5) is 4.58. The van der Waals surface area contributed by atoms with Crippen LogP contribution < -0.4 is 4.74 Å². The molecule has 0 atom stereocenters. The normalized spacial score (nSPS) is 11.6. The fourth-order valence-corrected chi connectivity index (χ4v) is 4.10. The maximum atomic E-state index is 13.6. The summed E-state index contributed by atoms with van der Waals surface area (Å²) in [7, 11) is 0. The van der Waals surface area contributed by atoms with Crippen LogP contribution in [0.2, 0.25) is 15.1 Å². The van der Waals surface area contributed by atoms with Gasteiger partial charge in [0.1, 0.15) is 24.0 Å². The summed E-state index contributed by atoms with van der Waals surface area (Å²) in [5.41, 5.74) is 1.92. The van der Waals surface area contributed by atoms with Gasteiger partial charge in [0.15, 0.2) is 5.82 Å². The molecule has 0 fully saturated rings. The predicted octanol–water partition coefficient (Wildman–Crippen LogP) is 8.02. The molecule has 3 nitrogen and oxygen atoms in total. The number of halogens is 5. The van der Waals surface area contributed by atoms with E-state index in [1.807, 2.05) is 30.5 Å². The molecule has 1 heterocycles. The van der Waals surface area contributed by atoms with Crippen LogP contribution in [0, 0.1) is 11.6 Å². The van der Waals surface area contributed by atoms with Crippen LogP contribution in [0.3, 0.4) is 0 Å². The van der Waals surface area contributed by atoms with Gasteiger partial charge in [-0.1, -0.05) is 54.7 Å². The first-order chi connectivity index (χ1) is 15.7. The van der Waals surface area contributed by atoms with Crippen molar-refractivity contribution in [2.45, 2.75) is 25.9 Å². The van der Waals surface area contributed by atoms with Crippen molar-refractivity contribution >= 4 is 34.8 Å². The van der Waals surface area contributed by atoms with Gasteiger partial charge in [-0.05, 0) is 60.2 Å². The van der Waals surface area contributed by atoms with Gasteiger partial charge in [0.05, 0.1) is 20.8 Å². The average Bonchev–Trinajstić information content (AvgIpc) is 3.20. The Morgan fingerprint density at radius 1 is 0.848 bits per heavy atom. The van der Waals surface area contributed by atoms with Crippen LogP contribution >= 0.6 is 34.8 Å². The summed E-state index contributed by atoms with van der Waals surface area (Å²) < 4.78 is 34.7. The summed E-state index contributed by atoms with van der Waals surface area (Å²) in [6, 6.07) is 15.5. The number of imidazole rings is 1. The van der Waals surface area contributed by atoms with Crippen molar-refractivity contribution in [3.63, 3.8) is 0 Å². The van der Waals surface area contributed by atoms with Crippen molar-refractivity contribution in [1.82, 2.24) is 9.55 Å². The minimum absolute atomic E-state index is 0.0557. The predicted molar refractivity (Wildman–Crippen MR) is 128 cm³/mol. The molecular weight excluding hydrogens is 489 g/mol. The minimum Gasteiger partial charge on any atom is -0.484 e. The number of hydrogen-bond donors (Lipinski definition) is 0. The fourth-order valence-electron chi connectivity index (χ4n) is 3.58. The molecule has 0 bridgehead atoms. The van der Waals surface area contributed by atoms with Gasteiger partial charge in [-0.2, -0.15) is 0 Å². The van der Waals surface area contributed by atoms with Gasteiger partial charge < -0.3 is 4.74 Å². The lowest BCUT2D eigenvalue weighted by atomic mass is 9.81. The van der Waals surface area contributed by atoms with Crippen molar-refractivity contribution in [2.75, 3.05) is 0 Å². The first-order valence-electron chi connectivity index (χ1n) is 10.0. The number of hydrogen-bond acceptors (Lipinski definition) is 2. The number of ether oxygens (including phenoxy) is 1. The van der Waals surface area contributed by atoms with Gasteiger partial charge in [0, 0.05) is 17.3 Å². The molecule has 0 N–H and O–H groups in total. The van der Waals surface area contributed by atoms with Crippen LogP contribution in [0.4, 0.5) is 8.78 Å². The summed E-state index contributed by atoms with van der Waals surface area (Å²) in [5, 5.41) is 1.07. The second-order valence-corrected chi connectivity index (χ2v) is 9.21. The molecule has 0 amide bonds. The zero-order chi connectivity index (χ0) is 23.8. The van der Waals surface area contributed by atoms with Crippen molar-refractivity contribution in [3.05, 3.63) is 111 Å². The molecule has 1 aromatic heterocycles. The lowest BCUT2D eigenvalue weighted by molar-refractivity contribution is 0.293. The van der Waals surface area contributed by atoms with E-state index in [9.17, 15) is 8.78 Å². The lowest BCUT2D eigenvalue weighted by Gasteiger charge is -2.28. The molecule has 4 rings (SSSR count). The van der Waals surface area contributed by atoms with Gasteiger partial charge >= 0.3 is 0 Å². The van der Waals surface area contributed by atoms with E-state index in [0.29, 0.717) is 27.3 Å². The SMILES string of the molecule is CC(C)(c1ccc(Cl)c(Cl)c1)c1cnc(COc2ccc(F)cc2Cl)n1-c1ccc(F)cc1. The minimum atomic E-state index is -0.540. The van der Waals surface area contributed by atoms with Crippen LogP contribution in [-0.4, -0.2) is 9.55 Å².